The zero-order chi connectivity index (χ0) is 12.4. The highest BCUT2D eigenvalue weighted by Crippen LogP contribution is 2.32. The van der Waals surface area contributed by atoms with Crippen molar-refractivity contribution in [3.05, 3.63) is 24.2 Å². The first-order chi connectivity index (χ1) is 8.86. The van der Waals surface area contributed by atoms with E-state index in [2.05, 4.69) is 4.90 Å². The third-order valence-corrected chi connectivity index (χ3v) is 4.04. The minimum atomic E-state index is 0.291. The van der Waals surface area contributed by atoms with Crippen molar-refractivity contribution in [2.24, 2.45) is 0 Å². The van der Waals surface area contributed by atoms with Crippen molar-refractivity contribution in [1.82, 2.24) is 4.90 Å². The fraction of sp³-hybridized carbons (Fsp3) is 0.714. The van der Waals surface area contributed by atoms with Crippen LogP contribution < -0.4 is 0 Å². The summed E-state index contributed by atoms with van der Waals surface area (Å²) >= 11 is 0. The standard InChI is InChI=1S/C14H21NO3/c1-16-10-12-4-5-13-14(18-12)6-7-15(13)9-11-3-2-8-17-11/h2-3,8,12-14H,4-7,9-10H2,1H3/t12-,13-,14-/m1/s1. The Bertz CT molecular complexity index is 365. The zero-order valence-corrected chi connectivity index (χ0v) is 10.9. The molecule has 0 unspecified atom stereocenters. The molecule has 0 bridgehead atoms. The van der Waals surface area contributed by atoms with E-state index in [0.717, 1.165) is 38.3 Å². The Morgan fingerprint density at radius 1 is 1.39 bits per heavy atom. The molecule has 0 aromatic carbocycles. The average Bonchev–Trinajstić information content (AvgIpc) is 3.00. The van der Waals surface area contributed by atoms with Crippen LogP contribution in [0.3, 0.4) is 0 Å². The Balaban J connectivity index is 1.58. The molecule has 3 heterocycles. The Morgan fingerprint density at radius 3 is 3.11 bits per heavy atom. The van der Waals surface area contributed by atoms with Gasteiger partial charge in [-0.25, -0.2) is 0 Å². The number of furan rings is 1. The van der Waals surface area contributed by atoms with E-state index in [9.17, 15) is 0 Å². The smallest absolute Gasteiger partial charge is 0.117 e. The van der Waals surface area contributed by atoms with Gasteiger partial charge in [0, 0.05) is 19.7 Å². The number of fused-ring (bicyclic) bond motifs is 1. The fourth-order valence-corrected chi connectivity index (χ4v) is 3.19. The van der Waals surface area contributed by atoms with Crippen LogP contribution in [0.5, 0.6) is 0 Å². The van der Waals surface area contributed by atoms with Crippen molar-refractivity contribution in [2.45, 2.75) is 44.1 Å². The van der Waals surface area contributed by atoms with E-state index in [0.29, 0.717) is 18.2 Å². The summed E-state index contributed by atoms with van der Waals surface area (Å²) in [6.45, 7) is 2.74. The van der Waals surface area contributed by atoms with Gasteiger partial charge in [0.1, 0.15) is 5.76 Å². The van der Waals surface area contributed by atoms with Crippen molar-refractivity contribution >= 4 is 0 Å². The highest BCUT2D eigenvalue weighted by Gasteiger charge is 2.39. The van der Waals surface area contributed by atoms with Crippen molar-refractivity contribution < 1.29 is 13.9 Å². The van der Waals surface area contributed by atoms with Crippen LogP contribution in [0.15, 0.2) is 22.8 Å². The third-order valence-electron chi connectivity index (χ3n) is 4.04. The van der Waals surface area contributed by atoms with Crippen LogP contribution in [0.1, 0.15) is 25.0 Å². The van der Waals surface area contributed by atoms with E-state index in [1.165, 1.54) is 6.42 Å². The number of hydrogen-bond acceptors (Lipinski definition) is 4. The second kappa shape index (κ2) is 5.43. The summed E-state index contributed by atoms with van der Waals surface area (Å²) in [7, 11) is 1.74. The predicted molar refractivity (Wildman–Crippen MR) is 67.3 cm³/mol. The molecule has 0 radical (unpaired) electrons. The zero-order valence-electron chi connectivity index (χ0n) is 10.9. The molecule has 0 N–H and O–H groups in total. The minimum Gasteiger partial charge on any atom is -0.468 e. The summed E-state index contributed by atoms with van der Waals surface area (Å²) in [6, 6.07) is 4.56. The molecule has 100 valence electrons. The SMILES string of the molecule is COC[C@H]1CC[C@@H]2[C@@H](CCN2Cc2ccco2)O1. The van der Waals surface area contributed by atoms with Gasteiger partial charge < -0.3 is 13.9 Å². The van der Waals surface area contributed by atoms with Gasteiger partial charge in [-0.3, -0.25) is 4.90 Å². The molecule has 4 heteroatoms. The number of likely N-dealkylation sites (tertiary alicyclic amines) is 1. The Hall–Kier alpha value is -0.840. The van der Waals surface area contributed by atoms with Crippen LogP contribution >= 0.6 is 0 Å². The highest BCUT2D eigenvalue weighted by atomic mass is 16.5. The summed E-state index contributed by atoms with van der Waals surface area (Å²) in [4.78, 5) is 2.49. The lowest BCUT2D eigenvalue weighted by Gasteiger charge is -2.35. The average molecular weight is 251 g/mol. The van der Waals surface area contributed by atoms with Gasteiger partial charge in [-0.2, -0.15) is 0 Å². The van der Waals surface area contributed by atoms with Crippen LogP contribution in [0.4, 0.5) is 0 Å². The number of ether oxygens (including phenoxy) is 2. The number of nitrogens with zero attached hydrogens (tertiary/aromatic N) is 1. The molecule has 18 heavy (non-hydrogen) atoms. The van der Waals surface area contributed by atoms with Crippen LogP contribution in [-0.2, 0) is 16.0 Å². The van der Waals surface area contributed by atoms with Gasteiger partial charge >= 0.3 is 0 Å². The van der Waals surface area contributed by atoms with Gasteiger partial charge in [-0.05, 0) is 31.4 Å². The molecule has 4 nitrogen and oxygen atoms in total. The maximum Gasteiger partial charge on any atom is 0.117 e. The van der Waals surface area contributed by atoms with E-state index in [4.69, 9.17) is 13.9 Å². The van der Waals surface area contributed by atoms with Crippen molar-refractivity contribution in [3.63, 3.8) is 0 Å². The van der Waals surface area contributed by atoms with E-state index in [1.807, 2.05) is 12.1 Å². The molecule has 3 atom stereocenters. The fourth-order valence-electron chi connectivity index (χ4n) is 3.19. The third kappa shape index (κ3) is 2.46. The normalized spacial score (nSPS) is 32.6. The number of methoxy groups -OCH3 is 1. The largest absolute Gasteiger partial charge is 0.468 e. The molecule has 2 aliphatic rings. The van der Waals surface area contributed by atoms with Crippen LogP contribution in [0, 0.1) is 0 Å². The van der Waals surface area contributed by atoms with Crippen molar-refractivity contribution in [1.29, 1.82) is 0 Å². The van der Waals surface area contributed by atoms with Gasteiger partial charge in [0.2, 0.25) is 0 Å². The summed E-state index contributed by atoms with van der Waals surface area (Å²) in [5.41, 5.74) is 0. The maximum absolute atomic E-state index is 6.10. The van der Waals surface area contributed by atoms with Gasteiger partial charge in [-0.1, -0.05) is 0 Å². The molecule has 0 saturated carbocycles. The summed E-state index contributed by atoms with van der Waals surface area (Å²) in [5, 5.41) is 0. The van der Waals surface area contributed by atoms with Crippen LogP contribution in [0.25, 0.3) is 0 Å². The van der Waals surface area contributed by atoms with E-state index in [1.54, 1.807) is 13.4 Å². The van der Waals surface area contributed by atoms with E-state index < -0.39 is 0 Å². The number of rotatable bonds is 4. The topological polar surface area (TPSA) is 34.8 Å². The molecule has 2 fully saturated rings. The second-order valence-corrected chi connectivity index (χ2v) is 5.24. The van der Waals surface area contributed by atoms with Crippen LogP contribution in [0.2, 0.25) is 0 Å². The van der Waals surface area contributed by atoms with Gasteiger partial charge in [0.25, 0.3) is 0 Å². The Labute approximate surface area is 108 Å². The summed E-state index contributed by atoms with van der Waals surface area (Å²) in [6.07, 6.45) is 5.86. The van der Waals surface area contributed by atoms with Crippen molar-refractivity contribution in [2.75, 3.05) is 20.3 Å². The first-order valence-electron chi connectivity index (χ1n) is 6.77. The van der Waals surface area contributed by atoms with Crippen LogP contribution in [-0.4, -0.2) is 43.4 Å². The van der Waals surface area contributed by atoms with Gasteiger partial charge in [0.05, 0.1) is 31.6 Å². The van der Waals surface area contributed by atoms with Gasteiger partial charge in [-0.15, -0.1) is 0 Å². The number of hydrogen-bond donors (Lipinski definition) is 0. The lowest BCUT2D eigenvalue weighted by molar-refractivity contribution is -0.0942. The van der Waals surface area contributed by atoms with E-state index >= 15 is 0 Å². The summed E-state index contributed by atoms with van der Waals surface area (Å²) < 4.78 is 16.7. The molecule has 1 aromatic rings. The first kappa shape index (κ1) is 12.2. The molecule has 2 aliphatic heterocycles. The Morgan fingerprint density at radius 2 is 2.33 bits per heavy atom. The van der Waals surface area contributed by atoms with Crippen molar-refractivity contribution in [3.8, 4) is 0 Å². The molecule has 0 amide bonds. The second-order valence-electron chi connectivity index (χ2n) is 5.24. The molecule has 2 saturated heterocycles. The summed E-state index contributed by atoms with van der Waals surface area (Å²) in [5.74, 6) is 1.05. The lowest BCUT2D eigenvalue weighted by Crippen LogP contribution is -2.43. The highest BCUT2D eigenvalue weighted by molar-refractivity contribution is 5.01. The van der Waals surface area contributed by atoms with E-state index in [-0.39, 0.29) is 0 Å². The molecule has 1 aromatic heterocycles. The molecular formula is C14H21NO3. The maximum atomic E-state index is 6.10. The Kier molecular flexibility index (Phi) is 3.68. The molecule has 0 aliphatic carbocycles. The molecular weight excluding hydrogens is 230 g/mol. The molecule has 0 spiro atoms. The predicted octanol–water partition coefficient (Wildman–Crippen LogP) is 2.05. The monoisotopic (exact) mass is 251 g/mol. The lowest BCUT2D eigenvalue weighted by atomic mass is 9.99. The quantitative estimate of drug-likeness (QED) is 0.820. The first-order valence-corrected chi connectivity index (χ1v) is 6.77. The molecule has 3 rings (SSSR count). The van der Waals surface area contributed by atoms with Gasteiger partial charge in [0.15, 0.2) is 0 Å². The minimum absolute atomic E-state index is 0.291.